The fourth-order valence-corrected chi connectivity index (χ4v) is 4.28. The number of rotatable bonds is 6. The molecule has 1 aliphatic heterocycles. The van der Waals surface area contributed by atoms with Crippen molar-refractivity contribution in [2.45, 2.75) is 18.9 Å². The molecule has 0 aliphatic carbocycles. The average Bonchev–Trinajstić information content (AvgIpc) is 2.90. The molecule has 1 aromatic heterocycles. The largest absolute Gasteiger partial charge is 0.481 e. The third-order valence-electron chi connectivity index (χ3n) is 4.02. The summed E-state index contributed by atoms with van der Waals surface area (Å²) < 4.78 is 0.0628. The third kappa shape index (κ3) is 4.16. The number of thiocarbonyl (C=S) groups is 1. The van der Waals surface area contributed by atoms with E-state index in [1.165, 1.54) is 6.08 Å². The smallest absolute Gasteiger partial charge is 0.326 e. The van der Waals surface area contributed by atoms with Gasteiger partial charge in [0.1, 0.15) is 10.4 Å². The van der Waals surface area contributed by atoms with E-state index in [-0.39, 0.29) is 15.6 Å². The van der Waals surface area contributed by atoms with E-state index < -0.39 is 30.3 Å². The zero-order valence-electron chi connectivity index (χ0n) is 14.2. The molecule has 0 spiro atoms. The van der Waals surface area contributed by atoms with E-state index in [9.17, 15) is 19.5 Å². The summed E-state index contributed by atoms with van der Waals surface area (Å²) in [5, 5.41) is 19.5. The van der Waals surface area contributed by atoms with Gasteiger partial charge >= 0.3 is 11.9 Å². The van der Waals surface area contributed by atoms with Crippen molar-refractivity contribution in [3.8, 4) is 0 Å². The number of carboxylic acids is 2. The minimum Gasteiger partial charge on any atom is -0.481 e. The van der Waals surface area contributed by atoms with Gasteiger partial charge in [0.2, 0.25) is 0 Å². The van der Waals surface area contributed by atoms with E-state index in [0.717, 1.165) is 22.0 Å². The van der Waals surface area contributed by atoms with Crippen molar-refractivity contribution >= 4 is 74.7 Å². The topological polar surface area (TPSA) is 108 Å². The van der Waals surface area contributed by atoms with Gasteiger partial charge in [-0.25, -0.2) is 9.78 Å². The van der Waals surface area contributed by atoms with Crippen LogP contribution in [0.3, 0.4) is 0 Å². The normalized spacial score (nSPS) is 16.8. The van der Waals surface area contributed by atoms with Crippen molar-refractivity contribution < 1.29 is 24.6 Å². The molecule has 7 nitrogen and oxygen atoms in total. The first kappa shape index (κ1) is 20.2. The first-order valence-corrected chi connectivity index (χ1v) is 9.65. The van der Waals surface area contributed by atoms with Crippen LogP contribution >= 0.6 is 35.6 Å². The lowest BCUT2D eigenvalue weighted by Crippen LogP contribution is -2.44. The number of pyridine rings is 1. The number of para-hydroxylation sites is 1. The van der Waals surface area contributed by atoms with Crippen molar-refractivity contribution in [2.24, 2.45) is 0 Å². The molecule has 1 aromatic carbocycles. The molecule has 1 fully saturated rings. The molecule has 144 valence electrons. The lowest BCUT2D eigenvalue weighted by atomic mass is 10.1. The summed E-state index contributed by atoms with van der Waals surface area (Å²) in [4.78, 5) is 40.6. The van der Waals surface area contributed by atoms with Crippen LogP contribution < -0.4 is 0 Å². The van der Waals surface area contributed by atoms with Gasteiger partial charge in [0.05, 0.1) is 21.1 Å². The molecule has 2 N–H and O–H groups in total. The number of carbonyl (C=O) groups is 3. The summed E-state index contributed by atoms with van der Waals surface area (Å²) in [6.07, 6.45) is 0.879. The number of carboxylic acid groups (broad SMARTS) is 2. The maximum absolute atomic E-state index is 12.7. The fourth-order valence-electron chi connectivity index (χ4n) is 2.71. The number of aromatic nitrogens is 1. The van der Waals surface area contributed by atoms with Gasteiger partial charge in [0.15, 0.2) is 0 Å². The molecule has 1 amide bonds. The molecule has 0 saturated carbocycles. The van der Waals surface area contributed by atoms with Gasteiger partial charge in [-0.2, -0.15) is 0 Å². The molecule has 2 aromatic rings. The quantitative estimate of drug-likeness (QED) is 0.524. The van der Waals surface area contributed by atoms with E-state index in [0.29, 0.717) is 16.2 Å². The van der Waals surface area contributed by atoms with Crippen LogP contribution in [0.5, 0.6) is 0 Å². The van der Waals surface area contributed by atoms with Crippen LogP contribution in [0.1, 0.15) is 18.5 Å². The second-order valence-electron chi connectivity index (χ2n) is 5.89. The Hall–Kier alpha value is -2.49. The van der Waals surface area contributed by atoms with Crippen LogP contribution in [0.4, 0.5) is 0 Å². The third-order valence-corrected chi connectivity index (χ3v) is 5.66. The highest BCUT2D eigenvalue weighted by atomic mass is 35.5. The van der Waals surface area contributed by atoms with Gasteiger partial charge < -0.3 is 10.2 Å². The minimum absolute atomic E-state index is 0.0628. The molecule has 1 saturated heterocycles. The average molecular weight is 437 g/mol. The van der Waals surface area contributed by atoms with Crippen LogP contribution in [0.15, 0.2) is 35.2 Å². The van der Waals surface area contributed by atoms with E-state index in [4.69, 9.17) is 28.9 Å². The maximum Gasteiger partial charge on any atom is 0.326 e. The Morgan fingerprint density at radius 1 is 1.29 bits per heavy atom. The number of hydrogen-bond acceptors (Lipinski definition) is 6. The molecule has 0 unspecified atom stereocenters. The lowest BCUT2D eigenvalue weighted by Gasteiger charge is -2.22. The Kier molecular flexibility index (Phi) is 5.97. The number of halogens is 1. The zero-order valence-corrected chi connectivity index (χ0v) is 16.6. The van der Waals surface area contributed by atoms with Crippen molar-refractivity contribution in [3.05, 3.63) is 46.0 Å². The van der Waals surface area contributed by atoms with Crippen molar-refractivity contribution in [2.75, 3.05) is 0 Å². The molecule has 0 bridgehead atoms. The first-order valence-electron chi connectivity index (χ1n) is 8.05. The minimum atomic E-state index is -1.34. The molecule has 1 atom stereocenters. The maximum atomic E-state index is 12.7. The van der Waals surface area contributed by atoms with Crippen LogP contribution in [0, 0.1) is 0 Å². The lowest BCUT2D eigenvalue weighted by molar-refractivity contribution is -0.146. The number of benzene rings is 1. The Morgan fingerprint density at radius 3 is 2.71 bits per heavy atom. The van der Waals surface area contributed by atoms with E-state index in [1.807, 2.05) is 12.1 Å². The van der Waals surface area contributed by atoms with Crippen LogP contribution in [0.25, 0.3) is 17.0 Å². The molecule has 10 heteroatoms. The fraction of sp³-hybridized carbons (Fsp3) is 0.167. The van der Waals surface area contributed by atoms with Gasteiger partial charge in [-0.05, 0) is 24.6 Å². The number of hydrogen-bond donors (Lipinski definition) is 2. The molecule has 2 heterocycles. The molecule has 3 rings (SSSR count). The second kappa shape index (κ2) is 8.26. The Balaban J connectivity index is 1.91. The number of thioether (sulfide) groups is 1. The molecule has 0 radical (unpaired) electrons. The monoisotopic (exact) mass is 436 g/mol. The number of aliphatic carboxylic acids is 2. The zero-order chi connectivity index (χ0) is 20.4. The van der Waals surface area contributed by atoms with Crippen molar-refractivity contribution in [1.82, 2.24) is 9.88 Å². The Bertz CT molecular complexity index is 1040. The van der Waals surface area contributed by atoms with Crippen LogP contribution in [0.2, 0.25) is 5.02 Å². The molecule has 28 heavy (non-hydrogen) atoms. The highest BCUT2D eigenvalue weighted by Gasteiger charge is 2.40. The summed E-state index contributed by atoms with van der Waals surface area (Å²) in [7, 11) is 0. The van der Waals surface area contributed by atoms with E-state index >= 15 is 0 Å². The summed E-state index contributed by atoms with van der Waals surface area (Å²) in [5.41, 5.74) is 1.05. The summed E-state index contributed by atoms with van der Waals surface area (Å²) in [6.45, 7) is 0. The van der Waals surface area contributed by atoms with Crippen LogP contribution in [-0.2, 0) is 14.4 Å². The number of carbonyl (C=O) groups excluding carboxylic acids is 1. The predicted molar refractivity (Wildman–Crippen MR) is 110 cm³/mol. The Morgan fingerprint density at radius 2 is 2.04 bits per heavy atom. The SMILES string of the molecule is O=C(O)CC[C@H](C(=O)O)N1C(=O)/C(=C/c2ccc3cccc(Cl)c3n2)SC1=S. The highest BCUT2D eigenvalue weighted by Crippen LogP contribution is 2.35. The summed E-state index contributed by atoms with van der Waals surface area (Å²) in [5.74, 6) is -3.05. The second-order valence-corrected chi connectivity index (χ2v) is 7.97. The predicted octanol–water partition coefficient (Wildman–Crippen LogP) is 3.41. The van der Waals surface area contributed by atoms with Gasteiger partial charge in [0, 0.05) is 11.8 Å². The number of nitrogens with zero attached hydrogens (tertiary/aromatic N) is 2. The molecular weight excluding hydrogens is 424 g/mol. The van der Waals surface area contributed by atoms with E-state index in [2.05, 4.69) is 4.98 Å². The number of fused-ring (bicyclic) bond motifs is 1. The van der Waals surface area contributed by atoms with Gasteiger partial charge in [0.25, 0.3) is 5.91 Å². The van der Waals surface area contributed by atoms with Crippen LogP contribution in [-0.4, -0.2) is 48.3 Å². The summed E-state index contributed by atoms with van der Waals surface area (Å²) >= 11 is 12.3. The first-order chi connectivity index (χ1) is 13.3. The molecule has 1 aliphatic rings. The van der Waals surface area contributed by atoms with Crippen molar-refractivity contribution in [1.29, 1.82) is 0 Å². The van der Waals surface area contributed by atoms with Gasteiger partial charge in [-0.3, -0.25) is 14.5 Å². The van der Waals surface area contributed by atoms with E-state index in [1.54, 1.807) is 18.2 Å². The summed E-state index contributed by atoms with van der Waals surface area (Å²) in [6, 6.07) is 7.56. The Labute approximate surface area is 174 Å². The van der Waals surface area contributed by atoms with Gasteiger partial charge in [-0.15, -0.1) is 0 Å². The highest BCUT2D eigenvalue weighted by molar-refractivity contribution is 8.26. The number of amides is 1. The standard InChI is InChI=1S/C18H13ClN2O5S2/c19-11-3-1-2-9-4-5-10(20-15(9)11)8-13-16(24)21(18(27)28-13)12(17(25)26)6-7-14(22)23/h1-5,8,12H,6-7H2,(H,22,23)(H,25,26)/b13-8-/t12-/m1/s1. The van der Waals surface area contributed by atoms with Gasteiger partial charge in [-0.1, -0.05) is 53.8 Å². The van der Waals surface area contributed by atoms with Crippen molar-refractivity contribution in [3.63, 3.8) is 0 Å². The molecular formula is C18H13ClN2O5S2.